The number of benzene rings is 1. The molecule has 3 aliphatic rings. The van der Waals surface area contributed by atoms with E-state index in [-0.39, 0.29) is 46.7 Å². The van der Waals surface area contributed by atoms with Crippen LogP contribution in [-0.2, 0) is 9.59 Å². The number of aromatic carboxylic acids is 1. The highest BCUT2D eigenvalue weighted by molar-refractivity contribution is 6.23. The second-order valence-corrected chi connectivity index (χ2v) is 6.02. The minimum absolute atomic E-state index is 0.114. The third-order valence-electron chi connectivity index (χ3n) is 4.94. The molecular weight excluding hydrogens is 286 g/mol. The Morgan fingerprint density at radius 1 is 1.09 bits per heavy atom. The van der Waals surface area contributed by atoms with Crippen molar-refractivity contribution < 1.29 is 24.6 Å². The van der Waals surface area contributed by atoms with E-state index in [1.54, 1.807) is 0 Å². The third-order valence-corrected chi connectivity index (χ3v) is 4.94. The summed E-state index contributed by atoms with van der Waals surface area (Å²) in [7, 11) is 0. The normalized spacial score (nSPS) is 31.9. The van der Waals surface area contributed by atoms with E-state index in [1.165, 1.54) is 12.1 Å². The van der Waals surface area contributed by atoms with Crippen LogP contribution in [0.5, 0.6) is 5.75 Å². The SMILES string of the molecule is O=C(O)c1ccc(N2C(=O)[C@@H]3[C@H](C2=O)[C@H]2C=C[C@H]3C2)cc1O. The highest BCUT2D eigenvalue weighted by Crippen LogP contribution is 2.53. The Morgan fingerprint density at radius 2 is 1.68 bits per heavy atom. The number of rotatable bonds is 2. The van der Waals surface area contributed by atoms with Crippen LogP contribution < -0.4 is 4.90 Å². The van der Waals surface area contributed by atoms with Gasteiger partial charge in [0.2, 0.25) is 11.8 Å². The molecule has 0 unspecified atom stereocenters. The zero-order chi connectivity index (χ0) is 15.6. The van der Waals surface area contributed by atoms with Gasteiger partial charge in [-0.2, -0.15) is 0 Å². The molecule has 0 radical (unpaired) electrons. The molecule has 6 nitrogen and oxygen atoms in total. The number of fused-ring (bicyclic) bond motifs is 5. The summed E-state index contributed by atoms with van der Waals surface area (Å²) in [6.45, 7) is 0. The van der Waals surface area contributed by atoms with E-state index in [9.17, 15) is 19.5 Å². The summed E-state index contributed by atoms with van der Waals surface area (Å²) in [4.78, 5) is 37.2. The first-order valence-corrected chi connectivity index (χ1v) is 7.11. The summed E-state index contributed by atoms with van der Waals surface area (Å²) in [5.41, 5.74) is -0.0314. The van der Waals surface area contributed by atoms with Crippen LogP contribution in [-0.4, -0.2) is 28.0 Å². The fraction of sp³-hybridized carbons (Fsp3) is 0.312. The highest BCUT2D eigenvalue weighted by atomic mass is 16.4. The minimum atomic E-state index is -1.26. The van der Waals surface area contributed by atoms with Crippen molar-refractivity contribution in [3.63, 3.8) is 0 Å². The van der Waals surface area contributed by atoms with E-state index >= 15 is 0 Å². The van der Waals surface area contributed by atoms with Crippen LogP contribution in [0.1, 0.15) is 16.8 Å². The van der Waals surface area contributed by atoms with Crippen LogP contribution in [0.4, 0.5) is 5.69 Å². The number of phenols is 1. The van der Waals surface area contributed by atoms with Crippen molar-refractivity contribution in [3.8, 4) is 5.75 Å². The number of hydrogen-bond acceptors (Lipinski definition) is 4. The topological polar surface area (TPSA) is 94.9 Å². The number of allylic oxidation sites excluding steroid dienone is 2. The second-order valence-electron chi connectivity index (χ2n) is 6.02. The van der Waals surface area contributed by atoms with Gasteiger partial charge in [-0.25, -0.2) is 9.69 Å². The van der Waals surface area contributed by atoms with Gasteiger partial charge in [-0.3, -0.25) is 9.59 Å². The van der Waals surface area contributed by atoms with E-state index in [4.69, 9.17) is 5.11 Å². The number of imide groups is 1. The molecule has 1 heterocycles. The Balaban J connectivity index is 1.73. The molecule has 22 heavy (non-hydrogen) atoms. The van der Waals surface area contributed by atoms with Crippen LogP contribution in [0.3, 0.4) is 0 Å². The van der Waals surface area contributed by atoms with Crippen LogP contribution in [0.2, 0.25) is 0 Å². The van der Waals surface area contributed by atoms with Gasteiger partial charge in [-0.15, -0.1) is 0 Å². The van der Waals surface area contributed by atoms with Crippen LogP contribution >= 0.6 is 0 Å². The minimum Gasteiger partial charge on any atom is -0.507 e. The van der Waals surface area contributed by atoms with E-state index < -0.39 is 11.7 Å². The molecule has 6 heteroatoms. The lowest BCUT2D eigenvalue weighted by atomic mass is 9.85. The standard InChI is InChI=1S/C16H13NO5/c18-11-6-9(3-4-10(11)16(21)22)17-14(19)12-7-1-2-8(5-7)13(12)15(17)20/h1-4,6-8,12-13,18H,5H2,(H,21,22)/t7-,8-,12-,13+/m0/s1. The van der Waals surface area contributed by atoms with Crippen molar-refractivity contribution in [1.29, 1.82) is 0 Å². The average Bonchev–Trinajstić information content (AvgIpc) is 3.12. The van der Waals surface area contributed by atoms with Gasteiger partial charge in [0.1, 0.15) is 11.3 Å². The Bertz CT molecular complexity index is 723. The number of aromatic hydroxyl groups is 1. The van der Waals surface area contributed by atoms with Crippen molar-refractivity contribution >= 4 is 23.5 Å². The number of anilines is 1. The molecule has 4 rings (SSSR count). The number of carboxylic acid groups (broad SMARTS) is 1. The van der Waals surface area contributed by atoms with Gasteiger partial charge in [-0.05, 0) is 30.4 Å². The molecule has 1 saturated carbocycles. The second kappa shape index (κ2) is 4.19. The largest absolute Gasteiger partial charge is 0.507 e. The molecule has 1 aliphatic heterocycles. The number of nitrogens with zero attached hydrogens (tertiary/aromatic N) is 1. The first-order chi connectivity index (χ1) is 10.5. The number of amides is 2. The number of hydrogen-bond donors (Lipinski definition) is 2. The quantitative estimate of drug-likeness (QED) is 0.636. The molecule has 2 bridgehead atoms. The predicted molar refractivity (Wildman–Crippen MR) is 75.3 cm³/mol. The summed E-state index contributed by atoms with van der Waals surface area (Å²) < 4.78 is 0. The molecule has 1 saturated heterocycles. The van der Waals surface area contributed by atoms with Crippen molar-refractivity contribution in [1.82, 2.24) is 0 Å². The molecule has 1 aromatic rings. The first-order valence-electron chi connectivity index (χ1n) is 7.11. The third kappa shape index (κ3) is 1.52. The van der Waals surface area contributed by atoms with Crippen molar-refractivity contribution in [3.05, 3.63) is 35.9 Å². The molecule has 4 atom stereocenters. The lowest BCUT2D eigenvalue weighted by Crippen LogP contribution is -2.32. The van der Waals surface area contributed by atoms with Crippen molar-refractivity contribution in [2.75, 3.05) is 4.90 Å². The van der Waals surface area contributed by atoms with Gasteiger partial charge >= 0.3 is 5.97 Å². The van der Waals surface area contributed by atoms with Crippen LogP contribution in [0, 0.1) is 23.7 Å². The van der Waals surface area contributed by atoms with Crippen LogP contribution in [0.15, 0.2) is 30.4 Å². The molecule has 2 N–H and O–H groups in total. The average molecular weight is 299 g/mol. The summed E-state index contributed by atoms with van der Waals surface area (Å²) in [5.74, 6) is -2.63. The van der Waals surface area contributed by atoms with Crippen LogP contribution in [0.25, 0.3) is 0 Å². The zero-order valence-electron chi connectivity index (χ0n) is 11.5. The molecule has 1 aromatic carbocycles. The highest BCUT2D eigenvalue weighted by Gasteiger charge is 2.59. The molecule has 0 spiro atoms. The van der Waals surface area contributed by atoms with Gasteiger partial charge in [0.05, 0.1) is 17.5 Å². The summed E-state index contributed by atoms with van der Waals surface area (Å²) in [5, 5.41) is 18.7. The van der Waals surface area contributed by atoms with E-state index in [0.29, 0.717) is 0 Å². The maximum absolute atomic E-state index is 12.6. The Kier molecular flexibility index (Phi) is 2.49. The Labute approximate surface area is 125 Å². The van der Waals surface area contributed by atoms with Crippen molar-refractivity contribution in [2.45, 2.75) is 6.42 Å². The smallest absolute Gasteiger partial charge is 0.339 e. The van der Waals surface area contributed by atoms with Gasteiger partial charge in [0, 0.05) is 6.07 Å². The Hall–Kier alpha value is -2.63. The fourth-order valence-electron chi connectivity index (χ4n) is 4.00. The zero-order valence-corrected chi connectivity index (χ0v) is 11.5. The van der Waals surface area contributed by atoms with E-state index in [2.05, 4.69) is 0 Å². The number of carbonyl (C=O) groups excluding carboxylic acids is 2. The Morgan fingerprint density at radius 3 is 2.18 bits per heavy atom. The molecule has 2 aliphatic carbocycles. The van der Waals surface area contributed by atoms with Gasteiger partial charge in [0.15, 0.2) is 0 Å². The lowest BCUT2D eigenvalue weighted by Gasteiger charge is -2.17. The van der Waals surface area contributed by atoms with E-state index in [1.807, 2.05) is 12.2 Å². The molecule has 0 aromatic heterocycles. The predicted octanol–water partition coefficient (Wildman–Crippen LogP) is 1.40. The summed E-state index contributed by atoms with van der Waals surface area (Å²) in [6, 6.07) is 3.75. The first kappa shape index (κ1) is 13.1. The maximum Gasteiger partial charge on any atom is 0.339 e. The molecule has 2 fully saturated rings. The van der Waals surface area contributed by atoms with Gasteiger partial charge < -0.3 is 10.2 Å². The molecule has 112 valence electrons. The summed E-state index contributed by atoms with van der Waals surface area (Å²) >= 11 is 0. The summed E-state index contributed by atoms with van der Waals surface area (Å²) in [6.07, 6.45) is 4.86. The lowest BCUT2D eigenvalue weighted by molar-refractivity contribution is -0.123. The number of carboxylic acids is 1. The van der Waals surface area contributed by atoms with Crippen molar-refractivity contribution in [2.24, 2.45) is 23.7 Å². The van der Waals surface area contributed by atoms with E-state index in [0.717, 1.165) is 17.4 Å². The molecular formula is C16H13NO5. The monoisotopic (exact) mass is 299 g/mol. The number of carbonyl (C=O) groups is 3. The molecule has 2 amide bonds. The maximum atomic E-state index is 12.6. The van der Waals surface area contributed by atoms with Gasteiger partial charge in [0.25, 0.3) is 0 Å². The fourth-order valence-corrected chi connectivity index (χ4v) is 4.00. The van der Waals surface area contributed by atoms with Gasteiger partial charge in [-0.1, -0.05) is 12.2 Å².